The molecule has 23 heavy (non-hydrogen) atoms. The molecule has 11 nitrogen and oxygen atoms in total. The van der Waals surface area contributed by atoms with Gasteiger partial charge in [0.25, 0.3) is 23.9 Å². The van der Waals surface area contributed by atoms with Crippen molar-refractivity contribution in [2.75, 3.05) is 6.54 Å². The Morgan fingerprint density at radius 1 is 0.783 bits per heavy atom. The van der Waals surface area contributed by atoms with E-state index in [0.29, 0.717) is 6.42 Å². The highest BCUT2D eigenvalue weighted by Gasteiger charge is 2.13. The van der Waals surface area contributed by atoms with Crippen molar-refractivity contribution >= 4 is 23.9 Å². The summed E-state index contributed by atoms with van der Waals surface area (Å²) in [5, 5.41) is 38.5. The minimum absolute atomic E-state index is 0.128. The summed E-state index contributed by atoms with van der Waals surface area (Å²) in [5.74, 6) is -3.33. The predicted octanol–water partition coefficient (Wildman–Crippen LogP) is -0.634. The van der Waals surface area contributed by atoms with Gasteiger partial charge in [-0.3, -0.25) is 19.2 Å². The molecule has 0 spiro atoms. The van der Waals surface area contributed by atoms with Gasteiger partial charge >= 0.3 is 0 Å². The van der Waals surface area contributed by atoms with Gasteiger partial charge in [-0.1, -0.05) is 6.92 Å². The maximum atomic E-state index is 9.00. The number of rotatable bonds is 2. The van der Waals surface area contributed by atoms with E-state index in [1.54, 1.807) is 6.92 Å². The number of carboxylic acid groups (broad SMARTS) is 4. The van der Waals surface area contributed by atoms with Crippen molar-refractivity contribution in [3.05, 3.63) is 0 Å². The second kappa shape index (κ2) is 22.0. The van der Waals surface area contributed by atoms with Crippen molar-refractivity contribution in [1.82, 2.24) is 0 Å². The van der Waals surface area contributed by atoms with Crippen molar-refractivity contribution < 1.29 is 44.7 Å². The third-order valence-corrected chi connectivity index (χ3v) is 0.966. The Morgan fingerprint density at radius 3 is 0.913 bits per heavy atom. The number of carboxylic acids is 4. The SMILES string of the molecule is CC(=O)O.CC(=O)O.CC(=O)O.CC(=O)O.CCC(N)(O)CN. The molecule has 1 atom stereocenters. The molecule has 0 aromatic rings. The van der Waals surface area contributed by atoms with Crippen LogP contribution in [0.5, 0.6) is 0 Å². The van der Waals surface area contributed by atoms with Crippen LogP contribution in [-0.4, -0.2) is 61.7 Å². The molecule has 0 bridgehead atoms. The Kier molecular flexibility index (Phi) is 31.3. The van der Waals surface area contributed by atoms with E-state index < -0.39 is 29.6 Å². The molecule has 140 valence electrons. The summed E-state index contributed by atoms with van der Waals surface area (Å²) >= 11 is 0. The van der Waals surface area contributed by atoms with Crippen LogP contribution in [0.4, 0.5) is 0 Å². The third-order valence-electron chi connectivity index (χ3n) is 0.966. The fraction of sp³-hybridized carbons (Fsp3) is 0.667. The lowest BCUT2D eigenvalue weighted by Crippen LogP contribution is -2.45. The van der Waals surface area contributed by atoms with E-state index in [1.165, 1.54) is 0 Å². The zero-order valence-electron chi connectivity index (χ0n) is 13.9. The van der Waals surface area contributed by atoms with Crippen LogP contribution in [0, 0.1) is 0 Å². The summed E-state index contributed by atoms with van der Waals surface area (Å²) in [4.78, 5) is 36.0. The normalized spacial score (nSPS) is 10.1. The van der Waals surface area contributed by atoms with Gasteiger partial charge in [-0.25, -0.2) is 0 Å². The first-order valence-corrected chi connectivity index (χ1v) is 6.05. The Hall–Kier alpha value is -2.24. The molecule has 0 aromatic carbocycles. The van der Waals surface area contributed by atoms with E-state index >= 15 is 0 Å². The van der Waals surface area contributed by atoms with E-state index in [9.17, 15) is 0 Å². The zero-order valence-corrected chi connectivity index (χ0v) is 13.9. The second-order valence-corrected chi connectivity index (χ2v) is 3.74. The first-order valence-electron chi connectivity index (χ1n) is 6.05. The molecule has 0 radical (unpaired) electrons. The molecule has 11 heteroatoms. The monoisotopic (exact) mass is 344 g/mol. The minimum Gasteiger partial charge on any atom is -0.481 e. The van der Waals surface area contributed by atoms with Crippen LogP contribution in [0.2, 0.25) is 0 Å². The summed E-state index contributed by atoms with van der Waals surface area (Å²) in [5.41, 5.74) is 9.05. The molecule has 0 aromatic heterocycles. The van der Waals surface area contributed by atoms with Gasteiger partial charge in [0.05, 0.1) is 0 Å². The van der Waals surface area contributed by atoms with Crippen LogP contribution >= 0.6 is 0 Å². The Labute approximate surface area is 134 Å². The smallest absolute Gasteiger partial charge is 0.300 e. The van der Waals surface area contributed by atoms with Gasteiger partial charge in [-0.2, -0.15) is 0 Å². The highest BCUT2D eigenvalue weighted by Crippen LogP contribution is 1.94. The topological polar surface area (TPSA) is 221 Å². The predicted molar refractivity (Wildman–Crippen MR) is 81.7 cm³/mol. The molecular weight excluding hydrogens is 316 g/mol. The number of hydrogen-bond acceptors (Lipinski definition) is 7. The van der Waals surface area contributed by atoms with Gasteiger partial charge in [0, 0.05) is 34.2 Å². The van der Waals surface area contributed by atoms with Crippen molar-refractivity contribution in [3.63, 3.8) is 0 Å². The van der Waals surface area contributed by atoms with E-state index in [-0.39, 0.29) is 6.54 Å². The Morgan fingerprint density at radius 2 is 0.913 bits per heavy atom. The molecule has 1 unspecified atom stereocenters. The molecule has 0 aliphatic carbocycles. The first kappa shape index (κ1) is 32.6. The lowest BCUT2D eigenvalue weighted by Gasteiger charge is -2.17. The molecule has 0 heterocycles. The van der Waals surface area contributed by atoms with Crippen LogP contribution in [0.1, 0.15) is 41.0 Å². The minimum atomic E-state index is -1.14. The summed E-state index contributed by atoms with van der Waals surface area (Å²) in [6.45, 7) is 6.25. The fourth-order valence-corrected chi connectivity index (χ4v) is 0.144. The number of aliphatic hydroxyl groups is 1. The molecule has 0 amide bonds. The van der Waals surface area contributed by atoms with Gasteiger partial charge in [0.1, 0.15) is 5.72 Å². The lowest BCUT2D eigenvalue weighted by atomic mass is 10.2. The van der Waals surface area contributed by atoms with Crippen LogP contribution in [0.25, 0.3) is 0 Å². The van der Waals surface area contributed by atoms with Gasteiger partial charge in [-0.05, 0) is 6.42 Å². The highest BCUT2D eigenvalue weighted by atomic mass is 16.4. The Balaban J connectivity index is -0.0000000604. The molecular formula is C12H28N2O9. The van der Waals surface area contributed by atoms with Gasteiger partial charge in [-0.15, -0.1) is 0 Å². The maximum Gasteiger partial charge on any atom is 0.300 e. The van der Waals surface area contributed by atoms with Crippen molar-refractivity contribution in [3.8, 4) is 0 Å². The van der Waals surface area contributed by atoms with Crippen molar-refractivity contribution in [2.24, 2.45) is 11.5 Å². The Bertz CT molecular complexity index is 260. The van der Waals surface area contributed by atoms with E-state index in [4.69, 9.17) is 56.2 Å². The van der Waals surface area contributed by atoms with Gasteiger partial charge < -0.3 is 37.0 Å². The largest absolute Gasteiger partial charge is 0.481 e. The average molecular weight is 344 g/mol. The summed E-state index contributed by atoms with van der Waals surface area (Å²) in [7, 11) is 0. The number of carbonyl (C=O) groups is 4. The van der Waals surface area contributed by atoms with E-state index in [1.807, 2.05) is 0 Å². The first-order chi connectivity index (χ1) is 10.0. The fourth-order valence-electron chi connectivity index (χ4n) is 0.144. The molecule has 0 aliphatic rings. The standard InChI is InChI=1S/C4H12N2O.4C2H4O2/c1-2-4(6,7)3-5;4*1-2(3)4/h7H,2-3,5-6H2,1H3;4*1H3,(H,3,4). The van der Waals surface area contributed by atoms with Crippen LogP contribution in [-0.2, 0) is 19.2 Å². The molecule has 9 N–H and O–H groups in total. The third kappa shape index (κ3) is 441. The van der Waals surface area contributed by atoms with E-state index in [0.717, 1.165) is 27.7 Å². The van der Waals surface area contributed by atoms with Crippen molar-refractivity contribution in [1.29, 1.82) is 0 Å². The molecule has 0 fully saturated rings. The molecule has 0 rings (SSSR count). The van der Waals surface area contributed by atoms with Crippen LogP contribution in [0.15, 0.2) is 0 Å². The number of hydrogen-bond donors (Lipinski definition) is 7. The molecule has 0 saturated carbocycles. The quantitative estimate of drug-likeness (QED) is 0.312. The highest BCUT2D eigenvalue weighted by molar-refractivity contribution is 5.63. The number of nitrogens with two attached hydrogens (primary N) is 2. The van der Waals surface area contributed by atoms with Gasteiger partial charge in [0.2, 0.25) is 0 Å². The van der Waals surface area contributed by atoms with E-state index in [2.05, 4.69) is 0 Å². The maximum absolute atomic E-state index is 9.00. The lowest BCUT2D eigenvalue weighted by molar-refractivity contribution is -0.135. The molecule has 0 aliphatic heterocycles. The second-order valence-electron chi connectivity index (χ2n) is 3.74. The zero-order chi connectivity index (χ0) is 20.2. The summed E-state index contributed by atoms with van der Waals surface area (Å²) in [6.07, 6.45) is 0.503. The van der Waals surface area contributed by atoms with Gasteiger partial charge in [0.15, 0.2) is 0 Å². The summed E-state index contributed by atoms with van der Waals surface area (Å²) < 4.78 is 0. The molecule has 0 saturated heterocycles. The van der Waals surface area contributed by atoms with Crippen LogP contribution in [0.3, 0.4) is 0 Å². The van der Waals surface area contributed by atoms with Crippen molar-refractivity contribution in [2.45, 2.75) is 46.8 Å². The number of aliphatic carboxylic acids is 4. The summed E-state index contributed by atoms with van der Waals surface area (Å²) in [6, 6.07) is 0. The average Bonchev–Trinajstić information content (AvgIpc) is 2.26. The van der Waals surface area contributed by atoms with Crippen LogP contribution < -0.4 is 11.5 Å².